The Morgan fingerprint density at radius 1 is 1.47 bits per heavy atom. The number of hydrogen-bond donors (Lipinski definition) is 2. The molecule has 6 heteroatoms. The molecule has 1 rings (SSSR count). The van der Waals surface area contributed by atoms with Gasteiger partial charge in [0.2, 0.25) is 5.95 Å². The van der Waals surface area contributed by atoms with Crippen molar-refractivity contribution in [3.63, 3.8) is 0 Å². The number of methoxy groups -OCH3 is 2. The Bertz CT molecular complexity index is 347. The van der Waals surface area contributed by atoms with Gasteiger partial charge in [-0.15, -0.1) is 0 Å². The van der Waals surface area contributed by atoms with Gasteiger partial charge in [-0.2, -0.15) is 0 Å². The van der Waals surface area contributed by atoms with Crippen molar-refractivity contribution in [2.45, 2.75) is 19.6 Å². The predicted octanol–water partition coefficient (Wildman–Crippen LogP) is 0.351. The van der Waals surface area contributed by atoms with Gasteiger partial charge in [0.15, 0.2) is 0 Å². The third kappa shape index (κ3) is 4.26. The van der Waals surface area contributed by atoms with Gasteiger partial charge in [0, 0.05) is 38.2 Å². The molecule has 0 aromatic carbocycles. The van der Waals surface area contributed by atoms with Crippen LogP contribution in [0.15, 0.2) is 6.20 Å². The maximum atomic E-state index is 9.00. The lowest BCUT2D eigenvalue weighted by atomic mass is 10.2. The van der Waals surface area contributed by atoms with E-state index in [9.17, 15) is 0 Å². The number of aliphatic hydroxyl groups is 1. The minimum absolute atomic E-state index is 0.0403. The number of nitrogens with one attached hydrogen (secondary N) is 1. The minimum Gasteiger partial charge on any atom is -0.392 e. The van der Waals surface area contributed by atoms with E-state index < -0.39 is 0 Å². The SMILES string of the molecule is COCC(CNc1ncc(CO)c(C)n1)OC. The van der Waals surface area contributed by atoms with E-state index in [-0.39, 0.29) is 12.7 Å². The number of nitrogens with zero attached hydrogens (tertiary/aromatic N) is 2. The topological polar surface area (TPSA) is 76.5 Å². The van der Waals surface area contributed by atoms with Crippen molar-refractivity contribution >= 4 is 5.95 Å². The van der Waals surface area contributed by atoms with E-state index in [1.807, 2.05) is 6.92 Å². The highest BCUT2D eigenvalue weighted by molar-refractivity contribution is 5.28. The largest absolute Gasteiger partial charge is 0.392 e. The van der Waals surface area contributed by atoms with Crippen LogP contribution in [0.1, 0.15) is 11.3 Å². The van der Waals surface area contributed by atoms with Crippen LogP contribution in [0.3, 0.4) is 0 Å². The van der Waals surface area contributed by atoms with Crippen LogP contribution < -0.4 is 5.32 Å². The molecule has 2 N–H and O–H groups in total. The van der Waals surface area contributed by atoms with E-state index >= 15 is 0 Å². The quantitative estimate of drug-likeness (QED) is 0.717. The fourth-order valence-electron chi connectivity index (χ4n) is 1.33. The van der Waals surface area contributed by atoms with Gasteiger partial charge in [0.05, 0.1) is 19.3 Å². The molecule has 1 aromatic heterocycles. The molecule has 0 spiro atoms. The van der Waals surface area contributed by atoms with Gasteiger partial charge in [0.1, 0.15) is 0 Å². The maximum absolute atomic E-state index is 9.00. The summed E-state index contributed by atoms with van der Waals surface area (Å²) in [6.07, 6.45) is 1.57. The lowest BCUT2D eigenvalue weighted by Gasteiger charge is -2.15. The van der Waals surface area contributed by atoms with E-state index in [0.29, 0.717) is 19.1 Å². The van der Waals surface area contributed by atoms with Crippen molar-refractivity contribution < 1.29 is 14.6 Å². The molecule has 17 heavy (non-hydrogen) atoms. The zero-order valence-corrected chi connectivity index (χ0v) is 10.4. The fourth-order valence-corrected chi connectivity index (χ4v) is 1.33. The van der Waals surface area contributed by atoms with Crippen molar-refractivity contribution in [1.82, 2.24) is 9.97 Å². The molecular formula is C11H19N3O3. The monoisotopic (exact) mass is 241 g/mol. The molecule has 1 atom stereocenters. The summed E-state index contributed by atoms with van der Waals surface area (Å²) in [4.78, 5) is 8.33. The lowest BCUT2D eigenvalue weighted by Crippen LogP contribution is -2.27. The third-order valence-corrected chi connectivity index (χ3v) is 2.43. The predicted molar refractivity (Wildman–Crippen MR) is 63.9 cm³/mol. The van der Waals surface area contributed by atoms with E-state index in [4.69, 9.17) is 14.6 Å². The summed E-state index contributed by atoms with van der Waals surface area (Å²) in [6, 6.07) is 0. The smallest absolute Gasteiger partial charge is 0.222 e. The highest BCUT2D eigenvalue weighted by Crippen LogP contribution is 2.06. The molecule has 0 saturated carbocycles. The summed E-state index contributed by atoms with van der Waals surface area (Å²) in [6.45, 7) is 2.87. The van der Waals surface area contributed by atoms with E-state index in [1.165, 1.54) is 0 Å². The van der Waals surface area contributed by atoms with E-state index in [2.05, 4.69) is 15.3 Å². The normalized spacial score (nSPS) is 12.5. The summed E-state index contributed by atoms with van der Waals surface area (Å²) in [5.74, 6) is 0.526. The summed E-state index contributed by atoms with van der Waals surface area (Å²) in [5, 5.41) is 12.1. The first-order valence-electron chi connectivity index (χ1n) is 5.40. The van der Waals surface area contributed by atoms with Crippen LogP contribution in [0.25, 0.3) is 0 Å². The third-order valence-electron chi connectivity index (χ3n) is 2.43. The second kappa shape index (κ2) is 7.16. The molecule has 1 unspecified atom stereocenters. The molecule has 0 fully saturated rings. The molecule has 1 aromatic rings. The van der Waals surface area contributed by atoms with Gasteiger partial charge in [-0.05, 0) is 6.92 Å². The molecule has 0 saturated heterocycles. The number of aromatic nitrogens is 2. The number of aliphatic hydroxyl groups excluding tert-OH is 1. The number of hydrogen-bond acceptors (Lipinski definition) is 6. The molecular weight excluding hydrogens is 222 g/mol. The molecule has 0 aliphatic rings. The highest BCUT2D eigenvalue weighted by atomic mass is 16.5. The van der Waals surface area contributed by atoms with E-state index in [1.54, 1.807) is 20.4 Å². The highest BCUT2D eigenvalue weighted by Gasteiger charge is 2.08. The molecule has 96 valence electrons. The van der Waals surface area contributed by atoms with Crippen molar-refractivity contribution in [2.75, 3.05) is 32.7 Å². The van der Waals surface area contributed by atoms with Crippen LogP contribution in [-0.2, 0) is 16.1 Å². The first-order valence-corrected chi connectivity index (χ1v) is 5.40. The van der Waals surface area contributed by atoms with Crippen LogP contribution in [-0.4, -0.2) is 48.5 Å². The second-order valence-corrected chi connectivity index (χ2v) is 3.66. The first kappa shape index (κ1) is 13.8. The summed E-state index contributed by atoms with van der Waals surface area (Å²) in [5.41, 5.74) is 1.50. The number of anilines is 1. The van der Waals surface area contributed by atoms with Gasteiger partial charge in [-0.1, -0.05) is 0 Å². The van der Waals surface area contributed by atoms with Crippen LogP contribution in [0.4, 0.5) is 5.95 Å². The van der Waals surface area contributed by atoms with Gasteiger partial charge < -0.3 is 19.9 Å². The van der Waals surface area contributed by atoms with E-state index in [0.717, 1.165) is 11.3 Å². The first-order chi connectivity index (χ1) is 8.21. The average molecular weight is 241 g/mol. The summed E-state index contributed by atoms with van der Waals surface area (Å²) >= 11 is 0. The van der Waals surface area contributed by atoms with Gasteiger partial charge in [-0.3, -0.25) is 0 Å². The Labute approximate surface area is 101 Å². The Balaban J connectivity index is 2.54. The zero-order valence-electron chi connectivity index (χ0n) is 10.4. The molecule has 1 heterocycles. The van der Waals surface area contributed by atoms with Crippen LogP contribution >= 0.6 is 0 Å². The Hall–Kier alpha value is -1.24. The van der Waals surface area contributed by atoms with Crippen molar-refractivity contribution in [1.29, 1.82) is 0 Å². The molecule has 0 aliphatic heterocycles. The van der Waals surface area contributed by atoms with Crippen molar-refractivity contribution in [3.05, 3.63) is 17.5 Å². The van der Waals surface area contributed by atoms with Crippen LogP contribution in [0, 0.1) is 6.92 Å². The Morgan fingerprint density at radius 3 is 2.76 bits per heavy atom. The number of aryl methyl sites for hydroxylation is 1. The standard InChI is InChI=1S/C11H19N3O3/c1-8-9(6-15)4-12-11(14-8)13-5-10(17-3)7-16-2/h4,10,15H,5-7H2,1-3H3,(H,12,13,14). The summed E-state index contributed by atoms with van der Waals surface area (Å²) < 4.78 is 10.2. The molecule has 0 radical (unpaired) electrons. The molecule has 0 bridgehead atoms. The van der Waals surface area contributed by atoms with Crippen molar-refractivity contribution in [3.8, 4) is 0 Å². The molecule has 0 aliphatic carbocycles. The fraction of sp³-hybridized carbons (Fsp3) is 0.636. The number of ether oxygens (including phenoxy) is 2. The minimum atomic E-state index is -0.0452. The van der Waals surface area contributed by atoms with Gasteiger partial charge in [-0.25, -0.2) is 9.97 Å². The van der Waals surface area contributed by atoms with Crippen LogP contribution in [0.2, 0.25) is 0 Å². The molecule has 6 nitrogen and oxygen atoms in total. The Morgan fingerprint density at radius 2 is 2.24 bits per heavy atom. The Kier molecular flexibility index (Phi) is 5.82. The maximum Gasteiger partial charge on any atom is 0.222 e. The second-order valence-electron chi connectivity index (χ2n) is 3.66. The van der Waals surface area contributed by atoms with Gasteiger partial charge in [0.25, 0.3) is 0 Å². The molecule has 0 amide bonds. The van der Waals surface area contributed by atoms with Gasteiger partial charge >= 0.3 is 0 Å². The number of rotatable bonds is 7. The summed E-state index contributed by atoms with van der Waals surface area (Å²) in [7, 11) is 3.26. The zero-order chi connectivity index (χ0) is 12.7. The lowest BCUT2D eigenvalue weighted by molar-refractivity contribution is 0.0365. The average Bonchev–Trinajstić information content (AvgIpc) is 2.34. The van der Waals surface area contributed by atoms with Crippen molar-refractivity contribution in [2.24, 2.45) is 0 Å². The van der Waals surface area contributed by atoms with Crippen LogP contribution in [0.5, 0.6) is 0 Å².